The largest absolute Gasteiger partial charge is 0.345 e. The third-order valence-electron chi connectivity index (χ3n) is 5.85. The van der Waals surface area contributed by atoms with E-state index in [0.29, 0.717) is 11.8 Å². The Kier molecular flexibility index (Phi) is 3.01. The lowest BCUT2D eigenvalue weighted by Crippen LogP contribution is -2.44. The Morgan fingerprint density at radius 1 is 1.28 bits per heavy atom. The molecule has 0 bridgehead atoms. The van der Waals surface area contributed by atoms with Crippen LogP contribution in [0.25, 0.3) is 16.3 Å². The molecule has 1 saturated heterocycles. The number of imidazole rings is 1. The highest BCUT2D eigenvalue weighted by molar-refractivity contribution is 5.90. The van der Waals surface area contributed by atoms with Gasteiger partial charge >= 0.3 is 0 Å². The zero-order valence-corrected chi connectivity index (χ0v) is 14.5. The normalized spacial score (nSPS) is 25.3. The molecular weight excluding hydrogens is 312 g/mol. The molecule has 2 fully saturated rings. The van der Waals surface area contributed by atoms with Crippen LogP contribution in [0.5, 0.6) is 0 Å². The predicted octanol–water partition coefficient (Wildman–Crippen LogP) is 2.30. The van der Waals surface area contributed by atoms with E-state index in [2.05, 4.69) is 52.1 Å². The van der Waals surface area contributed by atoms with Gasteiger partial charge in [-0.25, -0.2) is 4.98 Å². The van der Waals surface area contributed by atoms with Gasteiger partial charge in [0, 0.05) is 11.3 Å². The van der Waals surface area contributed by atoms with Gasteiger partial charge < -0.3 is 15.0 Å². The second kappa shape index (κ2) is 5.05. The Morgan fingerprint density at radius 3 is 2.84 bits per heavy atom. The van der Waals surface area contributed by atoms with Gasteiger partial charge in [0.15, 0.2) is 0 Å². The van der Waals surface area contributed by atoms with Gasteiger partial charge in [0.2, 0.25) is 5.91 Å². The van der Waals surface area contributed by atoms with Crippen molar-refractivity contribution in [2.24, 2.45) is 17.8 Å². The molecule has 128 valence electrons. The minimum Gasteiger partial charge on any atom is -0.345 e. The highest BCUT2D eigenvalue weighted by Crippen LogP contribution is 2.49. The smallest absolute Gasteiger partial charge is 0.224 e. The van der Waals surface area contributed by atoms with E-state index in [1.54, 1.807) is 0 Å². The first-order valence-corrected chi connectivity index (χ1v) is 8.93. The van der Waals surface area contributed by atoms with Gasteiger partial charge in [-0.15, -0.1) is 0 Å². The van der Waals surface area contributed by atoms with Crippen LogP contribution in [0.3, 0.4) is 0 Å². The summed E-state index contributed by atoms with van der Waals surface area (Å²) in [4.78, 5) is 17.2. The maximum atomic E-state index is 12.9. The molecule has 1 aliphatic carbocycles. The number of rotatable bonds is 3. The molecule has 2 N–H and O–H groups in total. The number of hydrogen-bond donors (Lipinski definition) is 2. The minimum atomic E-state index is -0.485. The molecule has 5 rings (SSSR count). The molecular formula is C20H22N4O. The summed E-state index contributed by atoms with van der Waals surface area (Å²) in [5, 5.41) is 8.99. The number of benzene rings is 1. The van der Waals surface area contributed by atoms with Crippen molar-refractivity contribution in [1.82, 2.24) is 20.0 Å². The van der Waals surface area contributed by atoms with Crippen molar-refractivity contribution in [2.45, 2.75) is 19.4 Å². The van der Waals surface area contributed by atoms with Crippen LogP contribution in [-0.2, 0) is 10.3 Å². The molecule has 3 heterocycles. The van der Waals surface area contributed by atoms with Gasteiger partial charge in [0.1, 0.15) is 0 Å². The molecule has 25 heavy (non-hydrogen) atoms. The van der Waals surface area contributed by atoms with Crippen LogP contribution >= 0.6 is 0 Å². The fraction of sp³-hybridized carbons (Fsp3) is 0.400. The van der Waals surface area contributed by atoms with Gasteiger partial charge in [-0.05, 0) is 50.2 Å². The van der Waals surface area contributed by atoms with Crippen molar-refractivity contribution < 1.29 is 4.79 Å². The molecule has 1 unspecified atom stereocenters. The Labute approximate surface area is 146 Å². The molecule has 1 aromatic carbocycles. The van der Waals surface area contributed by atoms with Crippen LogP contribution in [0.15, 0.2) is 42.9 Å². The van der Waals surface area contributed by atoms with Crippen LogP contribution in [0.2, 0.25) is 0 Å². The maximum absolute atomic E-state index is 12.9. The number of nitrogens with one attached hydrogen (secondary N) is 2. The molecule has 0 radical (unpaired) electrons. The third kappa shape index (κ3) is 2.19. The summed E-state index contributed by atoms with van der Waals surface area (Å²) in [6.07, 6.45) is 3.70. The number of amides is 1. The molecule has 2 aromatic heterocycles. The summed E-state index contributed by atoms with van der Waals surface area (Å²) in [5.74, 6) is 1.41. The first kappa shape index (κ1) is 14.9. The van der Waals surface area contributed by atoms with Crippen molar-refractivity contribution in [1.29, 1.82) is 0 Å². The Bertz CT molecular complexity index is 980. The fourth-order valence-corrected chi connectivity index (χ4v) is 4.62. The van der Waals surface area contributed by atoms with E-state index < -0.39 is 5.54 Å². The Hall–Kier alpha value is -2.40. The molecule has 1 amide bonds. The lowest BCUT2D eigenvalue weighted by molar-refractivity contribution is -0.124. The number of carbonyl (C=O) groups is 1. The van der Waals surface area contributed by atoms with Crippen molar-refractivity contribution in [3.05, 3.63) is 48.5 Å². The summed E-state index contributed by atoms with van der Waals surface area (Å²) in [7, 11) is 0. The molecule has 5 nitrogen and oxygen atoms in total. The monoisotopic (exact) mass is 334 g/mol. The van der Waals surface area contributed by atoms with Crippen molar-refractivity contribution >= 4 is 22.2 Å². The molecule has 0 spiro atoms. The quantitative estimate of drug-likeness (QED) is 0.773. The van der Waals surface area contributed by atoms with Crippen LogP contribution in [0, 0.1) is 17.8 Å². The van der Waals surface area contributed by atoms with Gasteiger partial charge in [0.05, 0.1) is 29.3 Å². The van der Waals surface area contributed by atoms with Gasteiger partial charge in [-0.2, -0.15) is 0 Å². The summed E-state index contributed by atoms with van der Waals surface area (Å²) < 4.78 is 2.10. The van der Waals surface area contributed by atoms with Gasteiger partial charge in [-0.1, -0.05) is 24.3 Å². The van der Waals surface area contributed by atoms with Crippen LogP contribution in [0.4, 0.5) is 0 Å². The summed E-state index contributed by atoms with van der Waals surface area (Å²) >= 11 is 0. The van der Waals surface area contributed by atoms with Crippen LogP contribution in [0.1, 0.15) is 19.5 Å². The van der Waals surface area contributed by atoms with E-state index in [4.69, 9.17) is 0 Å². The van der Waals surface area contributed by atoms with Crippen molar-refractivity contribution in [2.75, 3.05) is 13.1 Å². The first-order valence-electron chi connectivity index (χ1n) is 8.93. The number of piperidine rings is 1. The van der Waals surface area contributed by atoms with Crippen molar-refractivity contribution in [3.63, 3.8) is 0 Å². The average molecular weight is 334 g/mol. The summed E-state index contributed by atoms with van der Waals surface area (Å²) in [6, 6.07) is 10.5. The minimum absolute atomic E-state index is 0.175. The number of fused-ring (bicyclic) bond motifs is 3. The molecule has 1 aliphatic heterocycles. The fourth-order valence-electron chi connectivity index (χ4n) is 4.62. The number of aromatic nitrogens is 2. The standard InChI is InChI=1S/C20H22N4O/c1-20(2,23-19(25)17-15-9-21-10-16(15)17)18-14-6-4-3-5-12(14)7-13-8-22-11-24(13)18/h3-8,11,15-17,21H,9-10H2,1-2H3,(H,23,25)/t15-,16+,17?. The maximum Gasteiger partial charge on any atom is 0.224 e. The lowest BCUT2D eigenvalue weighted by Gasteiger charge is -2.29. The second-order valence-corrected chi connectivity index (χ2v) is 7.89. The Morgan fingerprint density at radius 2 is 2.04 bits per heavy atom. The number of hydrogen-bond acceptors (Lipinski definition) is 3. The Balaban J connectivity index is 1.58. The van der Waals surface area contributed by atoms with E-state index in [9.17, 15) is 4.79 Å². The van der Waals surface area contributed by atoms with E-state index in [1.165, 1.54) is 5.39 Å². The average Bonchev–Trinajstić information content (AvgIpc) is 2.92. The second-order valence-electron chi connectivity index (χ2n) is 7.89. The lowest BCUT2D eigenvalue weighted by atomic mass is 9.93. The zero-order chi connectivity index (χ0) is 17.2. The highest BCUT2D eigenvalue weighted by atomic mass is 16.2. The number of carbonyl (C=O) groups excluding carboxylic acids is 1. The van der Waals surface area contributed by atoms with Gasteiger partial charge in [0.25, 0.3) is 0 Å². The molecule has 5 heteroatoms. The number of pyridine rings is 1. The van der Waals surface area contributed by atoms with Crippen LogP contribution in [-0.4, -0.2) is 28.4 Å². The SMILES string of the molecule is CC(C)(NC(=O)C1[C@H]2CNC[C@@H]12)c1c2ccccc2cc2cncn12. The van der Waals surface area contributed by atoms with E-state index in [-0.39, 0.29) is 11.8 Å². The highest BCUT2D eigenvalue weighted by Gasteiger charge is 2.57. The van der Waals surface area contributed by atoms with E-state index in [1.807, 2.05) is 24.7 Å². The predicted molar refractivity (Wildman–Crippen MR) is 97.2 cm³/mol. The summed E-state index contributed by atoms with van der Waals surface area (Å²) in [6.45, 7) is 6.12. The molecule has 3 atom stereocenters. The first-order chi connectivity index (χ1) is 12.1. The van der Waals surface area contributed by atoms with E-state index in [0.717, 1.165) is 29.7 Å². The molecule has 2 aliphatic rings. The number of nitrogens with zero attached hydrogens (tertiary/aromatic N) is 2. The summed E-state index contributed by atoms with van der Waals surface area (Å²) in [5.41, 5.74) is 1.64. The third-order valence-corrected chi connectivity index (χ3v) is 5.85. The van der Waals surface area contributed by atoms with E-state index >= 15 is 0 Å². The van der Waals surface area contributed by atoms with Crippen molar-refractivity contribution in [3.8, 4) is 0 Å². The zero-order valence-electron chi connectivity index (χ0n) is 14.5. The van der Waals surface area contributed by atoms with Gasteiger partial charge in [-0.3, -0.25) is 4.79 Å². The topological polar surface area (TPSA) is 58.4 Å². The molecule has 1 saturated carbocycles. The molecule has 3 aromatic rings. The van der Waals surface area contributed by atoms with Crippen LogP contribution < -0.4 is 10.6 Å².